The van der Waals surface area contributed by atoms with E-state index in [2.05, 4.69) is 10.1 Å². The SMILES string of the molecule is COc1ccc(C=O)cc1Cn1cncn1.Cl.Cl. The second-order valence-corrected chi connectivity index (χ2v) is 3.28. The maximum atomic E-state index is 10.7. The molecule has 1 aromatic carbocycles. The summed E-state index contributed by atoms with van der Waals surface area (Å²) in [6.07, 6.45) is 3.90. The second kappa shape index (κ2) is 7.68. The molecule has 7 heteroatoms. The van der Waals surface area contributed by atoms with Crippen LogP contribution < -0.4 is 4.74 Å². The molecule has 0 amide bonds. The fraction of sp³-hybridized carbons (Fsp3) is 0.182. The van der Waals surface area contributed by atoms with Crippen molar-refractivity contribution in [2.45, 2.75) is 6.54 Å². The van der Waals surface area contributed by atoms with E-state index in [1.165, 1.54) is 6.33 Å². The molecule has 0 fully saturated rings. The van der Waals surface area contributed by atoms with Crippen LogP contribution in [-0.2, 0) is 6.54 Å². The minimum Gasteiger partial charge on any atom is -0.496 e. The van der Waals surface area contributed by atoms with Gasteiger partial charge >= 0.3 is 0 Å². The van der Waals surface area contributed by atoms with Crippen molar-refractivity contribution >= 4 is 31.1 Å². The van der Waals surface area contributed by atoms with Gasteiger partial charge in [-0.05, 0) is 18.2 Å². The van der Waals surface area contributed by atoms with E-state index in [4.69, 9.17) is 4.74 Å². The summed E-state index contributed by atoms with van der Waals surface area (Å²) in [7, 11) is 1.60. The van der Waals surface area contributed by atoms with Gasteiger partial charge in [0.25, 0.3) is 0 Å². The van der Waals surface area contributed by atoms with E-state index in [-0.39, 0.29) is 24.8 Å². The standard InChI is InChI=1S/C11H11N3O2.2ClH/c1-16-11-3-2-9(6-15)4-10(11)5-14-8-12-7-13-14;;/h2-4,6-8H,5H2,1H3;2*1H. The molecular weight excluding hydrogens is 277 g/mol. The van der Waals surface area contributed by atoms with E-state index in [1.807, 2.05) is 0 Å². The summed E-state index contributed by atoms with van der Waals surface area (Å²) in [5.41, 5.74) is 1.52. The molecule has 0 N–H and O–H groups in total. The van der Waals surface area contributed by atoms with Gasteiger partial charge < -0.3 is 4.74 Å². The van der Waals surface area contributed by atoms with Crippen LogP contribution in [0.1, 0.15) is 15.9 Å². The predicted molar refractivity (Wildman–Crippen MR) is 72.0 cm³/mol. The van der Waals surface area contributed by atoms with Gasteiger partial charge in [0.15, 0.2) is 0 Å². The van der Waals surface area contributed by atoms with Crippen molar-refractivity contribution in [1.29, 1.82) is 0 Å². The van der Waals surface area contributed by atoms with Crippen LogP contribution in [0, 0.1) is 0 Å². The highest BCUT2D eigenvalue weighted by Gasteiger charge is 2.05. The lowest BCUT2D eigenvalue weighted by Gasteiger charge is -2.08. The fourth-order valence-corrected chi connectivity index (χ4v) is 1.48. The van der Waals surface area contributed by atoms with Crippen LogP contribution in [0.5, 0.6) is 5.75 Å². The first-order chi connectivity index (χ1) is 7.83. The van der Waals surface area contributed by atoms with Gasteiger partial charge in [-0.3, -0.25) is 4.79 Å². The fourth-order valence-electron chi connectivity index (χ4n) is 1.48. The van der Waals surface area contributed by atoms with Gasteiger partial charge in [0.2, 0.25) is 0 Å². The zero-order valence-electron chi connectivity index (χ0n) is 9.65. The topological polar surface area (TPSA) is 57.0 Å². The van der Waals surface area contributed by atoms with E-state index in [9.17, 15) is 4.79 Å². The largest absolute Gasteiger partial charge is 0.496 e. The Morgan fingerprint density at radius 1 is 1.39 bits per heavy atom. The molecule has 1 aromatic heterocycles. The summed E-state index contributed by atoms with van der Waals surface area (Å²) in [5.74, 6) is 0.737. The van der Waals surface area contributed by atoms with Crippen LogP contribution in [0.2, 0.25) is 0 Å². The lowest BCUT2D eigenvalue weighted by molar-refractivity contribution is 0.112. The summed E-state index contributed by atoms with van der Waals surface area (Å²) in [4.78, 5) is 14.5. The Bertz CT molecular complexity index is 489. The maximum Gasteiger partial charge on any atom is 0.150 e. The third-order valence-electron chi connectivity index (χ3n) is 2.24. The van der Waals surface area contributed by atoms with E-state index in [0.717, 1.165) is 17.6 Å². The van der Waals surface area contributed by atoms with Gasteiger partial charge in [-0.2, -0.15) is 5.10 Å². The Hall–Kier alpha value is -1.59. The third kappa shape index (κ3) is 3.72. The molecule has 0 aliphatic heterocycles. The molecule has 98 valence electrons. The van der Waals surface area contributed by atoms with Crippen LogP contribution in [0.25, 0.3) is 0 Å². The molecule has 2 aromatic rings. The third-order valence-corrected chi connectivity index (χ3v) is 2.24. The molecule has 0 atom stereocenters. The van der Waals surface area contributed by atoms with Crippen LogP contribution in [0.4, 0.5) is 0 Å². The summed E-state index contributed by atoms with van der Waals surface area (Å²) in [6, 6.07) is 5.28. The van der Waals surface area contributed by atoms with E-state index >= 15 is 0 Å². The molecule has 0 radical (unpaired) electrons. The number of benzene rings is 1. The Morgan fingerprint density at radius 3 is 2.72 bits per heavy atom. The monoisotopic (exact) mass is 289 g/mol. The Balaban J connectivity index is 0.00000144. The van der Waals surface area contributed by atoms with Crippen LogP contribution in [0.3, 0.4) is 0 Å². The van der Waals surface area contributed by atoms with E-state index < -0.39 is 0 Å². The normalized spacial score (nSPS) is 8.94. The number of carbonyl (C=O) groups excluding carboxylic acids is 1. The smallest absolute Gasteiger partial charge is 0.150 e. The van der Waals surface area contributed by atoms with Gasteiger partial charge in [0.1, 0.15) is 24.7 Å². The molecular formula is C11H13Cl2N3O2. The maximum absolute atomic E-state index is 10.7. The zero-order valence-corrected chi connectivity index (χ0v) is 11.3. The number of rotatable bonds is 4. The molecule has 0 bridgehead atoms. The summed E-state index contributed by atoms with van der Waals surface area (Å²) in [6.45, 7) is 0.533. The number of hydrogen-bond acceptors (Lipinski definition) is 4. The molecule has 0 aliphatic rings. The Labute approximate surface area is 117 Å². The number of ether oxygens (including phenoxy) is 1. The molecule has 5 nitrogen and oxygen atoms in total. The van der Waals surface area contributed by atoms with Crippen molar-refractivity contribution in [2.75, 3.05) is 7.11 Å². The van der Waals surface area contributed by atoms with Gasteiger partial charge in [0, 0.05) is 11.1 Å². The summed E-state index contributed by atoms with van der Waals surface area (Å²) < 4.78 is 6.89. The first kappa shape index (κ1) is 16.4. The second-order valence-electron chi connectivity index (χ2n) is 3.28. The van der Waals surface area contributed by atoms with Crippen molar-refractivity contribution in [3.8, 4) is 5.75 Å². The minimum atomic E-state index is 0. The number of halogens is 2. The lowest BCUT2D eigenvalue weighted by Crippen LogP contribution is -2.03. The van der Waals surface area contributed by atoms with Crippen molar-refractivity contribution in [2.24, 2.45) is 0 Å². The van der Waals surface area contributed by atoms with Gasteiger partial charge in [-0.15, -0.1) is 24.8 Å². The number of aldehydes is 1. The van der Waals surface area contributed by atoms with Crippen molar-refractivity contribution in [3.63, 3.8) is 0 Å². The van der Waals surface area contributed by atoms with Crippen molar-refractivity contribution < 1.29 is 9.53 Å². The van der Waals surface area contributed by atoms with Crippen LogP contribution >= 0.6 is 24.8 Å². The molecule has 1 heterocycles. The average molecular weight is 290 g/mol. The number of carbonyl (C=O) groups is 1. The molecule has 0 spiro atoms. The van der Waals surface area contributed by atoms with Crippen molar-refractivity contribution in [3.05, 3.63) is 42.0 Å². The number of methoxy groups -OCH3 is 1. The van der Waals surface area contributed by atoms with E-state index in [1.54, 1.807) is 36.3 Å². The highest BCUT2D eigenvalue weighted by molar-refractivity contribution is 5.85. The summed E-state index contributed by atoms with van der Waals surface area (Å²) >= 11 is 0. The quantitative estimate of drug-likeness (QED) is 0.808. The highest BCUT2D eigenvalue weighted by Crippen LogP contribution is 2.19. The predicted octanol–water partition coefficient (Wildman–Crippen LogP) is 1.99. The van der Waals surface area contributed by atoms with Crippen LogP contribution in [0.15, 0.2) is 30.9 Å². The molecule has 0 saturated carbocycles. The van der Waals surface area contributed by atoms with E-state index in [0.29, 0.717) is 12.1 Å². The molecule has 0 aliphatic carbocycles. The number of aromatic nitrogens is 3. The average Bonchev–Trinajstić information content (AvgIpc) is 2.82. The number of nitrogens with zero attached hydrogens (tertiary/aromatic N) is 3. The highest BCUT2D eigenvalue weighted by atomic mass is 35.5. The molecule has 0 unspecified atom stereocenters. The van der Waals surface area contributed by atoms with Gasteiger partial charge in [0.05, 0.1) is 13.7 Å². The molecule has 18 heavy (non-hydrogen) atoms. The summed E-state index contributed by atoms with van der Waals surface area (Å²) in [5, 5.41) is 4.00. The van der Waals surface area contributed by atoms with Gasteiger partial charge in [-0.25, -0.2) is 9.67 Å². The Morgan fingerprint density at radius 2 is 2.17 bits per heavy atom. The number of hydrogen-bond donors (Lipinski definition) is 0. The first-order valence-corrected chi connectivity index (χ1v) is 4.78. The first-order valence-electron chi connectivity index (χ1n) is 4.78. The molecule has 2 rings (SSSR count). The van der Waals surface area contributed by atoms with Crippen LogP contribution in [-0.4, -0.2) is 28.2 Å². The van der Waals surface area contributed by atoms with Gasteiger partial charge in [-0.1, -0.05) is 0 Å². The van der Waals surface area contributed by atoms with Crippen molar-refractivity contribution in [1.82, 2.24) is 14.8 Å². The minimum absolute atomic E-state index is 0. The molecule has 0 saturated heterocycles. The lowest BCUT2D eigenvalue weighted by atomic mass is 10.1. The zero-order chi connectivity index (χ0) is 11.4. The Kier molecular flexibility index (Phi) is 7.00.